The maximum atomic E-state index is 2.87. The first-order valence-corrected chi connectivity index (χ1v) is 10.1. The summed E-state index contributed by atoms with van der Waals surface area (Å²) >= 11 is 0. The van der Waals surface area contributed by atoms with Crippen molar-refractivity contribution in [2.75, 3.05) is 26.2 Å². The van der Waals surface area contributed by atoms with Crippen LogP contribution in [0.1, 0.15) is 64.7 Å². The normalized spacial score (nSPS) is 39.0. The van der Waals surface area contributed by atoms with Crippen molar-refractivity contribution in [3.63, 3.8) is 0 Å². The van der Waals surface area contributed by atoms with Crippen LogP contribution in [0, 0.1) is 11.8 Å². The molecule has 0 spiro atoms. The monoisotopic (exact) mass is 302 g/mol. The van der Waals surface area contributed by atoms with E-state index in [1.54, 1.807) is 0 Å². The molecule has 3 aliphatic heterocycles. The van der Waals surface area contributed by atoms with Crippen LogP contribution in [0.3, 0.4) is 0 Å². The van der Waals surface area contributed by atoms with Gasteiger partial charge in [0.2, 0.25) is 0 Å². The molecule has 124 valence electrons. The van der Waals surface area contributed by atoms with Crippen LogP contribution in [0.5, 0.6) is 0 Å². The third kappa shape index (κ3) is 2.78. The summed E-state index contributed by atoms with van der Waals surface area (Å²) in [6, 6.07) is 1.71. The summed E-state index contributed by atoms with van der Waals surface area (Å²) in [5.74, 6) is 1.82. The van der Waals surface area contributed by atoms with Crippen LogP contribution in [-0.2, 0) is 0 Å². The average molecular weight is 303 g/mol. The molecule has 2 heteroatoms. The fourth-order valence-corrected chi connectivity index (χ4v) is 5.90. The van der Waals surface area contributed by atoms with Crippen LogP contribution >= 0.6 is 0 Å². The first-order chi connectivity index (χ1) is 10.9. The second kappa shape index (κ2) is 6.65. The standard InChI is InChI=1S/C20H34N2/c1-2-3-5-10-21-12-7-8-16-13-17-14-18(20(16)21)15-22-11-6-4-9-19(17)22/h13,17-20H,2-12,14-15H2,1H3/t17-,18+,19+,20+/m0/s1. The zero-order valence-electron chi connectivity index (χ0n) is 14.5. The molecule has 2 bridgehead atoms. The van der Waals surface area contributed by atoms with E-state index in [4.69, 9.17) is 0 Å². The molecule has 0 aromatic heterocycles. The molecule has 0 aromatic carbocycles. The Morgan fingerprint density at radius 1 is 1.14 bits per heavy atom. The third-order valence-electron chi connectivity index (χ3n) is 6.81. The van der Waals surface area contributed by atoms with E-state index in [1.165, 1.54) is 84.0 Å². The number of rotatable bonds is 4. The number of likely N-dealkylation sites (tertiary alicyclic amines) is 1. The molecule has 0 saturated carbocycles. The van der Waals surface area contributed by atoms with Crippen molar-refractivity contribution in [2.24, 2.45) is 11.8 Å². The fraction of sp³-hybridized carbons (Fsp3) is 0.900. The zero-order chi connectivity index (χ0) is 14.9. The van der Waals surface area contributed by atoms with Crippen LogP contribution in [0.25, 0.3) is 0 Å². The van der Waals surface area contributed by atoms with Crippen molar-refractivity contribution in [3.05, 3.63) is 11.6 Å². The summed E-state index contributed by atoms with van der Waals surface area (Å²) in [6.45, 7) is 7.80. The van der Waals surface area contributed by atoms with Crippen LogP contribution in [0.15, 0.2) is 11.6 Å². The summed E-state index contributed by atoms with van der Waals surface area (Å²) in [5.41, 5.74) is 1.84. The number of nitrogens with zero attached hydrogens (tertiary/aromatic N) is 2. The Labute approximate surface area is 136 Å². The predicted molar refractivity (Wildman–Crippen MR) is 93.0 cm³/mol. The molecule has 3 fully saturated rings. The number of hydrogen-bond donors (Lipinski definition) is 0. The van der Waals surface area contributed by atoms with Crippen molar-refractivity contribution in [1.29, 1.82) is 0 Å². The molecule has 0 unspecified atom stereocenters. The first-order valence-electron chi connectivity index (χ1n) is 10.1. The van der Waals surface area contributed by atoms with Gasteiger partial charge in [0.15, 0.2) is 0 Å². The highest BCUT2D eigenvalue weighted by Gasteiger charge is 2.45. The summed E-state index contributed by atoms with van der Waals surface area (Å²) < 4.78 is 0. The third-order valence-corrected chi connectivity index (χ3v) is 6.81. The molecule has 3 saturated heterocycles. The van der Waals surface area contributed by atoms with Crippen molar-refractivity contribution >= 4 is 0 Å². The van der Waals surface area contributed by atoms with Crippen LogP contribution in [0.2, 0.25) is 0 Å². The lowest BCUT2D eigenvalue weighted by atomic mass is 9.68. The largest absolute Gasteiger partial charge is 0.299 e. The first kappa shape index (κ1) is 15.2. The molecule has 4 atom stereocenters. The Balaban J connectivity index is 1.52. The van der Waals surface area contributed by atoms with Gasteiger partial charge in [0.25, 0.3) is 0 Å². The van der Waals surface area contributed by atoms with Gasteiger partial charge in [-0.05, 0) is 70.0 Å². The molecule has 3 heterocycles. The quantitative estimate of drug-likeness (QED) is 0.570. The van der Waals surface area contributed by atoms with E-state index < -0.39 is 0 Å². The van der Waals surface area contributed by atoms with Gasteiger partial charge >= 0.3 is 0 Å². The molecule has 1 aliphatic carbocycles. The van der Waals surface area contributed by atoms with E-state index in [9.17, 15) is 0 Å². The van der Waals surface area contributed by atoms with E-state index >= 15 is 0 Å². The minimum Gasteiger partial charge on any atom is -0.299 e. The topological polar surface area (TPSA) is 6.48 Å². The Hall–Kier alpha value is -0.340. The maximum absolute atomic E-state index is 2.87. The molecule has 4 aliphatic rings. The SMILES string of the molecule is CCCCCN1CCCC2=C[C@H]3C[C@H](CN4CCCC[C@H]34)[C@@H]21. The van der Waals surface area contributed by atoms with Gasteiger partial charge in [-0.25, -0.2) is 0 Å². The van der Waals surface area contributed by atoms with E-state index in [-0.39, 0.29) is 0 Å². The lowest BCUT2D eigenvalue weighted by Gasteiger charge is -2.55. The van der Waals surface area contributed by atoms with Gasteiger partial charge in [-0.15, -0.1) is 0 Å². The Kier molecular flexibility index (Phi) is 4.59. The highest BCUT2D eigenvalue weighted by molar-refractivity contribution is 5.24. The molecule has 0 N–H and O–H groups in total. The lowest BCUT2D eigenvalue weighted by Crippen LogP contribution is -2.59. The molecular weight excluding hydrogens is 268 g/mol. The van der Waals surface area contributed by atoms with Crippen LogP contribution < -0.4 is 0 Å². The molecule has 4 rings (SSSR count). The fourth-order valence-electron chi connectivity index (χ4n) is 5.90. The predicted octanol–water partition coefficient (Wildman–Crippen LogP) is 4.07. The molecule has 0 amide bonds. The molecule has 22 heavy (non-hydrogen) atoms. The summed E-state index contributed by atoms with van der Waals surface area (Å²) in [5, 5.41) is 0. The van der Waals surface area contributed by atoms with Crippen molar-refractivity contribution in [3.8, 4) is 0 Å². The van der Waals surface area contributed by atoms with Gasteiger partial charge in [-0.2, -0.15) is 0 Å². The Morgan fingerprint density at radius 3 is 3.00 bits per heavy atom. The minimum atomic E-state index is 0.810. The second-order valence-corrected chi connectivity index (χ2v) is 8.25. The molecule has 0 aromatic rings. The van der Waals surface area contributed by atoms with E-state index in [2.05, 4.69) is 22.8 Å². The highest BCUT2D eigenvalue weighted by atomic mass is 15.2. The Bertz CT molecular complexity index is 416. The van der Waals surface area contributed by atoms with Crippen molar-refractivity contribution < 1.29 is 0 Å². The smallest absolute Gasteiger partial charge is 0.0348 e. The minimum absolute atomic E-state index is 0.810. The average Bonchev–Trinajstić information content (AvgIpc) is 2.55. The van der Waals surface area contributed by atoms with Gasteiger partial charge in [0.1, 0.15) is 0 Å². The maximum Gasteiger partial charge on any atom is 0.0348 e. The summed E-state index contributed by atoms with van der Waals surface area (Å²) in [6.07, 6.45) is 15.6. The molecule has 2 nitrogen and oxygen atoms in total. The van der Waals surface area contributed by atoms with Crippen molar-refractivity contribution in [1.82, 2.24) is 9.80 Å². The number of hydrogen-bond acceptors (Lipinski definition) is 2. The number of unbranched alkanes of at least 4 members (excludes halogenated alkanes) is 2. The van der Waals surface area contributed by atoms with Gasteiger partial charge in [-0.3, -0.25) is 9.80 Å². The van der Waals surface area contributed by atoms with Gasteiger partial charge < -0.3 is 0 Å². The second-order valence-electron chi connectivity index (χ2n) is 8.25. The lowest BCUT2D eigenvalue weighted by molar-refractivity contribution is -0.000952. The van der Waals surface area contributed by atoms with Crippen molar-refractivity contribution in [2.45, 2.75) is 76.8 Å². The van der Waals surface area contributed by atoms with Crippen LogP contribution in [0.4, 0.5) is 0 Å². The van der Waals surface area contributed by atoms with Gasteiger partial charge in [0.05, 0.1) is 0 Å². The number of fused-ring (bicyclic) bond motifs is 6. The highest BCUT2D eigenvalue weighted by Crippen LogP contribution is 2.44. The van der Waals surface area contributed by atoms with Gasteiger partial charge in [0, 0.05) is 18.6 Å². The van der Waals surface area contributed by atoms with Gasteiger partial charge in [-0.1, -0.05) is 37.8 Å². The summed E-state index contributed by atoms with van der Waals surface area (Å²) in [4.78, 5) is 5.74. The molecular formula is C20H34N2. The summed E-state index contributed by atoms with van der Waals surface area (Å²) in [7, 11) is 0. The number of piperidine rings is 3. The Morgan fingerprint density at radius 2 is 2.09 bits per heavy atom. The van der Waals surface area contributed by atoms with E-state index in [0.717, 1.165) is 23.9 Å². The van der Waals surface area contributed by atoms with E-state index in [1.807, 2.05) is 5.57 Å². The van der Waals surface area contributed by atoms with E-state index in [0.29, 0.717) is 0 Å². The molecule has 0 radical (unpaired) electrons. The zero-order valence-corrected chi connectivity index (χ0v) is 14.5. The van der Waals surface area contributed by atoms with Crippen LogP contribution in [-0.4, -0.2) is 48.1 Å².